The van der Waals surface area contributed by atoms with Crippen molar-refractivity contribution in [2.75, 3.05) is 39.8 Å². The Labute approximate surface area is 181 Å². The molecule has 0 saturated carbocycles. The van der Waals surface area contributed by atoms with Gasteiger partial charge in [-0.25, -0.2) is 0 Å². The van der Waals surface area contributed by atoms with Crippen LogP contribution in [0.3, 0.4) is 0 Å². The number of nitrogens with zero attached hydrogens (tertiary/aromatic N) is 2. The van der Waals surface area contributed by atoms with E-state index >= 15 is 0 Å². The van der Waals surface area contributed by atoms with E-state index in [0.717, 1.165) is 49.6 Å². The highest BCUT2D eigenvalue weighted by atomic mass is 16.5. The van der Waals surface area contributed by atoms with Crippen molar-refractivity contribution < 1.29 is 9.53 Å². The summed E-state index contributed by atoms with van der Waals surface area (Å²) in [5, 5.41) is 2.98. The second-order valence-electron chi connectivity index (χ2n) is 9.21. The number of piperazine rings is 1. The number of carbonyl (C=O) groups excluding carboxylic acids is 1. The van der Waals surface area contributed by atoms with E-state index in [1.54, 1.807) is 0 Å². The Kier molecular flexibility index (Phi) is 7.51. The Balaban J connectivity index is 1.48. The van der Waals surface area contributed by atoms with Gasteiger partial charge in [0.1, 0.15) is 5.75 Å². The summed E-state index contributed by atoms with van der Waals surface area (Å²) < 4.78 is 5.82. The Hall–Kier alpha value is -2.37. The summed E-state index contributed by atoms with van der Waals surface area (Å²) in [5.41, 5.74) is 3.48. The maximum Gasteiger partial charge on any atom is 0.258 e. The largest absolute Gasteiger partial charge is 0.483 e. The molecule has 1 N–H and O–H groups in total. The Morgan fingerprint density at radius 1 is 1.00 bits per heavy atom. The molecular weight excluding hydrogens is 374 g/mol. The van der Waals surface area contributed by atoms with Gasteiger partial charge in [-0.2, -0.15) is 0 Å². The van der Waals surface area contributed by atoms with Crippen molar-refractivity contribution in [1.82, 2.24) is 15.1 Å². The Bertz CT molecular complexity index is 836. The molecule has 1 saturated heterocycles. The first-order valence-corrected chi connectivity index (χ1v) is 10.8. The zero-order valence-corrected chi connectivity index (χ0v) is 18.8. The van der Waals surface area contributed by atoms with Crippen LogP contribution >= 0.6 is 0 Å². The van der Waals surface area contributed by atoms with Crippen LogP contribution in [0.2, 0.25) is 0 Å². The second-order valence-corrected chi connectivity index (χ2v) is 9.21. The van der Waals surface area contributed by atoms with Crippen LogP contribution < -0.4 is 10.1 Å². The van der Waals surface area contributed by atoms with Crippen LogP contribution in [0.5, 0.6) is 5.75 Å². The number of ether oxygens (including phenoxy) is 1. The summed E-state index contributed by atoms with van der Waals surface area (Å²) >= 11 is 0. The highest BCUT2D eigenvalue weighted by Gasteiger charge is 2.19. The van der Waals surface area contributed by atoms with Gasteiger partial charge in [-0.15, -0.1) is 0 Å². The average molecular weight is 410 g/mol. The number of amides is 1. The first kappa shape index (κ1) is 22.3. The summed E-state index contributed by atoms with van der Waals surface area (Å²) in [6, 6.07) is 16.4. The molecule has 1 heterocycles. The molecule has 2 aromatic rings. The van der Waals surface area contributed by atoms with Gasteiger partial charge in [-0.05, 0) is 35.2 Å². The molecule has 3 rings (SSSR count). The van der Waals surface area contributed by atoms with Gasteiger partial charge in [0.25, 0.3) is 5.91 Å². The predicted molar refractivity (Wildman–Crippen MR) is 122 cm³/mol. The lowest BCUT2D eigenvalue weighted by Gasteiger charge is -2.32. The molecule has 0 atom stereocenters. The van der Waals surface area contributed by atoms with E-state index in [9.17, 15) is 4.79 Å². The average Bonchev–Trinajstić information content (AvgIpc) is 2.72. The van der Waals surface area contributed by atoms with Crippen LogP contribution in [-0.4, -0.2) is 55.5 Å². The van der Waals surface area contributed by atoms with Gasteiger partial charge in [0, 0.05) is 39.3 Å². The summed E-state index contributed by atoms with van der Waals surface area (Å²) in [4.78, 5) is 17.2. The van der Waals surface area contributed by atoms with Crippen molar-refractivity contribution in [3.8, 4) is 5.75 Å². The van der Waals surface area contributed by atoms with Crippen LogP contribution in [0.25, 0.3) is 0 Å². The maximum absolute atomic E-state index is 12.3. The van der Waals surface area contributed by atoms with Gasteiger partial charge in [0.2, 0.25) is 0 Å². The molecule has 1 fully saturated rings. The standard InChI is InChI=1S/C25H35N3O2/c1-25(2,3)22-10-5-6-11-23(22)30-19-24(29)26-17-20-8-7-9-21(16-20)18-28-14-12-27(4)13-15-28/h5-11,16H,12-15,17-19H2,1-4H3,(H,26,29). The molecule has 2 aromatic carbocycles. The third-order valence-electron chi connectivity index (χ3n) is 5.54. The first-order chi connectivity index (χ1) is 14.3. The molecule has 162 valence electrons. The van der Waals surface area contributed by atoms with E-state index in [4.69, 9.17) is 4.74 Å². The van der Waals surface area contributed by atoms with Crippen molar-refractivity contribution in [1.29, 1.82) is 0 Å². The second kappa shape index (κ2) is 10.1. The first-order valence-electron chi connectivity index (χ1n) is 10.8. The molecule has 1 aliphatic rings. The van der Waals surface area contributed by atoms with Gasteiger partial charge < -0.3 is 15.0 Å². The predicted octanol–water partition coefficient (Wildman–Crippen LogP) is 3.43. The molecule has 5 nitrogen and oxygen atoms in total. The van der Waals surface area contributed by atoms with Gasteiger partial charge in [-0.3, -0.25) is 9.69 Å². The molecule has 0 unspecified atom stereocenters. The molecule has 1 amide bonds. The SMILES string of the molecule is CN1CCN(Cc2cccc(CNC(=O)COc3ccccc3C(C)(C)C)c2)CC1. The maximum atomic E-state index is 12.3. The Morgan fingerprint density at radius 3 is 2.43 bits per heavy atom. The molecule has 0 aromatic heterocycles. The summed E-state index contributed by atoms with van der Waals surface area (Å²) in [6.07, 6.45) is 0. The van der Waals surface area contributed by atoms with E-state index in [2.05, 4.69) is 73.3 Å². The molecule has 0 aliphatic carbocycles. The molecule has 0 radical (unpaired) electrons. The van der Waals surface area contributed by atoms with Gasteiger partial charge in [0.05, 0.1) is 0 Å². The van der Waals surface area contributed by atoms with E-state index in [1.165, 1.54) is 5.56 Å². The fourth-order valence-electron chi connectivity index (χ4n) is 3.71. The van der Waals surface area contributed by atoms with E-state index < -0.39 is 0 Å². The van der Waals surface area contributed by atoms with Crippen LogP contribution in [0, 0.1) is 0 Å². The third kappa shape index (κ3) is 6.57. The van der Waals surface area contributed by atoms with Crippen LogP contribution in [0.15, 0.2) is 48.5 Å². The number of benzene rings is 2. The minimum absolute atomic E-state index is 0.0219. The monoisotopic (exact) mass is 409 g/mol. The minimum Gasteiger partial charge on any atom is -0.483 e. The topological polar surface area (TPSA) is 44.8 Å². The molecule has 5 heteroatoms. The van der Waals surface area contributed by atoms with Crippen LogP contribution in [-0.2, 0) is 23.3 Å². The van der Waals surface area contributed by atoms with Crippen molar-refractivity contribution in [3.63, 3.8) is 0 Å². The number of hydrogen-bond acceptors (Lipinski definition) is 4. The highest BCUT2D eigenvalue weighted by Crippen LogP contribution is 2.30. The minimum atomic E-state index is -0.108. The number of nitrogens with one attached hydrogen (secondary N) is 1. The molecule has 30 heavy (non-hydrogen) atoms. The molecular formula is C25H35N3O2. The highest BCUT2D eigenvalue weighted by molar-refractivity contribution is 5.77. The van der Waals surface area contributed by atoms with Gasteiger partial charge in [0.15, 0.2) is 6.61 Å². The number of hydrogen-bond donors (Lipinski definition) is 1. The molecule has 0 bridgehead atoms. The zero-order chi connectivity index (χ0) is 21.6. The summed E-state index contributed by atoms with van der Waals surface area (Å²) in [6.45, 7) is 12.4. The fourth-order valence-corrected chi connectivity index (χ4v) is 3.71. The number of carbonyl (C=O) groups is 1. The normalized spacial score (nSPS) is 15.7. The lowest BCUT2D eigenvalue weighted by Crippen LogP contribution is -2.43. The number of likely N-dealkylation sites (N-methyl/N-ethyl adjacent to an activating group) is 1. The van der Waals surface area contributed by atoms with E-state index in [0.29, 0.717) is 6.54 Å². The summed E-state index contributed by atoms with van der Waals surface area (Å²) in [5.74, 6) is 0.664. The van der Waals surface area contributed by atoms with Crippen molar-refractivity contribution >= 4 is 5.91 Å². The van der Waals surface area contributed by atoms with Gasteiger partial charge >= 0.3 is 0 Å². The zero-order valence-electron chi connectivity index (χ0n) is 18.8. The molecule has 0 spiro atoms. The number of rotatable bonds is 7. The van der Waals surface area contributed by atoms with Crippen LogP contribution in [0.4, 0.5) is 0 Å². The molecule has 1 aliphatic heterocycles. The van der Waals surface area contributed by atoms with Gasteiger partial charge in [-0.1, -0.05) is 63.2 Å². The lowest BCUT2D eigenvalue weighted by atomic mass is 9.86. The van der Waals surface area contributed by atoms with Crippen LogP contribution in [0.1, 0.15) is 37.5 Å². The van der Waals surface area contributed by atoms with E-state index in [1.807, 2.05) is 18.2 Å². The summed E-state index contributed by atoms with van der Waals surface area (Å²) in [7, 11) is 2.17. The van der Waals surface area contributed by atoms with Crippen molar-refractivity contribution in [3.05, 3.63) is 65.2 Å². The fraction of sp³-hybridized carbons (Fsp3) is 0.480. The number of para-hydroxylation sites is 1. The smallest absolute Gasteiger partial charge is 0.258 e. The van der Waals surface area contributed by atoms with E-state index in [-0.39, 0.29) is 17.9 Å². The lowest BCUT2D eigenvalue weighted by molar-refractivity contribution is -0.123. The quantitative estimate of drug-likeness (QED) is 0.761. The van der Waals surface area contributed by atoms with Crippen molar-refractivity contribution in [2.45, 2.75) is 39.3 Å². The Morgan fingerprint density at radius 2 is 1.70 bits per heavy atom. The van der Waals surface area contributed by atoms with Crippen molar-refractivity contribution in [2.24, 2.45) is 0 Å². The third-order valence-corrected chi connectivity index (χ3v) is 5.54.